The molecule has 2 saturated heterocycles. The number of hydrogen-bond donors (Lipinski definition) is 0. The van der Waals surface area contributed by atoms with Crippen LogP contribution in [0.4, 0.5) is 5.82 Å². The molecule has 0 aliphatic carbocycles. The van der Waals surface area contributed by atoms with Gasteiger partial charge in [-0.3, -0.25) is 14.6 Å². The second-order valence-electron chi connectivity index (χ2n) is 9.44. The molecule has 6 nitrogen and oxygen atoms in total. The van der Waals surface area contributed by atoms with Gasteiger partial charge in [0.2, 0.25) is 5.91 Å². The van der Waals surface area contributed by atoms with E-state index in [0.717, 1.165) is 70.8 Å². The normalized spacial score (nSPS) is 21.9. The maximum atomic E-state index is 12.9. The van der Waals surface area contributed by atoms with E-state index >= 15 is 0 Å². The summed E-state index contributed by atoms with van der Waals surface area (Å²) in [4.78, 5) is 24.1. The molecule has 0 radical (unpaired) electrons. The fraction of sp³-hybridized carbons (Fsp3) is 0.538. The zero-order chi connectivity index (χ0) is 24.0. The van der Waals surface area contributed by atoms with Gasteiger partial charge in [-0.15, -0.1) is 0 Å². The smallest absolute Gasteiger partial charge is 0.228 e. The molecule has 3 heterocycles. The van der Waals surface area contributed by atoms with Crippen molar-refractivity contribution in [2.24, 2.45) is 0 Å². The minimum atomic E-state index is -0.210. The molecule has 1 atom stereocenters. The Balaban J connectivity index is 1.46. The van der Waals surface area contributed by atoms with Crippen LogP contribution in [0.5, 0.6) is 0 Å². The van der Waals surface area contributed by atoms with Crippen molar-refractivity contribution >= 4 is 34.9 Å². The molecule has 0 bridgehead atoms. The Morgan fingerprint density at radius 3 is 2.68 bits per heavy atom. The Morgan fingerprint density at radius 2 is 1.94 bits per heavy atom. The van der Waals surface area contributed by atoms with Crippen LogP contribution in [0.3, 0.4) is 0 Å². The summed E-state index contributed by atoms with van der Waals surface area (Å²) >= 11 is 12.7. The lowest BCUT2D eigenvalue weighted by Gasteiger charge is -2.43. The lowest BCUT2D eigenvalue weighted by Crippen LogP contribution is -2.50. The number of amides is 1. The third-order valence-corrected chi connectivity index (χ3v) is 7.87. The van der Waals surface area contributed by atoms with Crippen molar-refractivity contribution in [3.8, 4) is 0 Å². The van der Waals surface area contributed by atoms with Gasteiger partial charge in [0, 0.05) is 37.7 Å². The third kappa shape index (κ3) is 6.29. The second kappa shape index (κ2) is 11.8. The van der Waals surface area contributed by atoms with E-state index in [9.17, 15) is 4.79 Å². The minimum Gasteiger partial charge on any atom is -0.379 e. The number of aromatic nitrogens is 1. The van der Waals surface area contributed by atoms with Gasteiger partial charge in [-0.25, -0.2) is 4.98 Å². The number of morpholine rings is 1. The van der Waals surface area contributed by atoms with Crippen molar-refractivity contribution in [1.29, 1.82) is 0 Å². The van der Waals surface area contributed by atoms with Gasteiger partial charge in [0.1, 0.15) is 5.82 Å². The molecule has 1 aromatic heterocycles. The van der Waals surface area contributed by atoms with Gasteiger partial charge in [0.15, 0.2) is 0 Å². The first-order chi connectivity index (χ1) is 16.5. The second-order valence-corrected chi connectivity index (χ2v) is 10.3. The summed E-state index contributed by atoms with van der Waals surface area (Å²) in [6, 6.07) is 11.6. The summed E-state index contributed by atoms with van der Waals surface area (Å²) in [6.07, 6.45) is 5.07. The zero-order valence-electron chi connectivity index (χ0n) is 19.9. The fourth-order valence-corrected chi connectivity index (χ4v) is 5.29. The van der Waals surface area contributed by atoms with Crippen LogP contribution in [0.15, 0.2) is 42.6 Å². The average molecular weight is 505 g/mol. The van der Waals surface area contributed by atoms with E-state index in [1.807, 2.05) is 35.2 Å². The Labute approximate surface area is 212 Å². The van der Waals surface area contributed by atoms with Crippen LogP contribution in [0.25, 0.3) is 0 Å². The van der Waals surface area contributed by atoms with Crippen LogP contribution in [-0.4, -0.2) is 80.2 Å². The van der Waals surface area contributed by atoms with Crippen LogP contribution >= 0.6 is 23.2 Å². The van der Waals surface area contributed by atoms with Gasteiger partial charge in [-0.05, 0) is 75.8 Å². The molecule has 2 aromatic rings. The number of nitrogens with zero attached hydrogens (tertiary/aromatic N) is 4. The molecule has 8 heteroatoms. The molecule has 34 heavy (non-hydrogen) atoms. The molecular weight excluding hydrogens is 471 g/mol. The summed E-state index contributed by atoms with van der Waals surface area (Å²) in [5, 5.41) is 1.10. The number of halogens is 2. The minimum absolute atomic E-state index is 0.119. The monoisotopic (exact) mass is 504 g/mol. The molecule has 4 rings (SSSR count). The van der Waals surface area contributed by atoms with Crippen molar-refractivity contribution in [1.82, 2.24) is 14.8 Å². The summed E-state index contributed by atoms with van der Waals surface area (Å²) in [5.41, 5.74) is 0.926. The highest BCUT2D eigenvalue weighted by Gasteiger charge is 2.41. The maximum absolute atomic E-state index is 12.9. The topological polar surface area (TPSA) is 48.9 Å². The van der Waals surface area contributed by atoms with E-state index in [2.05, 4.69) is 27.9 Å². The van der Waals surface area contributed by atoms with Gasteiger partial charge in [0.25, 0.3) is 0 Å². The molecule has 0 saturated carbocycles. The van der Waals surface area contributed by atoms with E-state index in [0.29, 0.717) is 28.8 Å². The van der Waals surface area contributed by atoms with Crippen molar-refractivity contribution in [3.63, 3.8) is 0 Å². The first-order valence-corrected chi connectivity index (χ1v) is 12.9. The van der Waals surface area contributed by atoms with Gasteiger partial charge in [0.05, 0.1) is 23.3 Å². The highest BCUT2D eigenvalue weighted by Crippen LogP contribution is 2.41. The van der Waals surface area contributed by atoms with Crippen molar-refractivity contribution in [3.05, 3.63) is 58.2 Å². The predicted molar refractivity (Wildman–Crippen MR) is 138 cm³/mol. The van der Waals surface area contributed by atoms with E-state index in [1.54, 1.807) is 6.20 Å². The number of rotatable bonds is 9. The molecule has 0 spiro atoms. The lowest BCUT2D eigenvalue weighted by molar-refractivity contribution is -0.120. The SMILES string of the molecule is CN(CCCN1CCOCC1)CCC1(c2ccc(Cl)c(Cl)c2)CCC(=O)N(c2ccccn2)C1. The van der Waals surface area contributed by atoms with E-state index < -0.39 is 0 Å². The molecular formula is C26H34Cl2N4O2. The number of carbonyl (C=O) groups excluding carboxylic acids is 1. The van der Waals surface area contributed by atoms with Gasteiger partial charge < -0.3 is 9.64 Å². The van der Waals surface area contributed by atoms with Crippen LogP contribution in [0.2, 0.25) is 10.0 Å². The fourth-order valence-electron chi connectivity index (χ4n) is 4.99. The van der Waals surface area contributed by atoms with Crippen LogP contribution in [-0.2, 0) is 14.9 Å². The van der Waals surface area contributed by atoms with Crippen molar-refractivity contribution < 1.29 is 9.53 Å². The number of benzene rings is 1. The Bertz CT molecular complexity index is 955. The lowest BCUT2D eigenvalue weighted by atomic mass is 9.71. The number of ether oxygens (including phenoxy) is 1. The number of hydrogen-bond acceptors (Lipinski definition) is 5. The molecule has 184 valence electrons. The van der Waals surface area contributed by atoms with E-state index in [1.165, 1.54) is 0 Å². The standard InChI is InChI=1S/C26H34Cl2N4O2/c1-30(12-4-13-31-15-17-34-18-16-31)14-10-26(21-6-7-22(27)23(28)19-21)9-8-25(33)32(20-26)24-5-2-3-11-29-24/h2-3,5-7,11,19H,4,8-10,12-18,20H2,1H3. The largest absolute Gasteiger partial charge is 0.379 e. The average Bonchev–Trinajstić information content (AvgIpc) is 2.86. The van der Waals surface area contributed by atoms with Crippen molar-refractivity contribution in [2.75, 3.05) is 64.4 Å². The number of carbonyl (C=O) groups is 1. The Hall–Kier alpha value is -1.70. The van der Waals surface area contributed by atoms with Crippen molar-refractivity contribution in [2.45, 2.75) is 31.1 Å². The third-order valence-electron chi connectivity index (χ3n) is 7.13. The molecule has 1 amide bonds. The summed E-state index contributed by atoms with van der Waals surface area (Å²) in [6.45, 7) is 7.41. The molecule has 2 fully saturated rings. The molecule has 2 aliphatic rings. The maximum Gasteiger partial charge on any atom is 0.228 e. The quantitative estimate of drug-likeness (QED) is 0.503. The number of anilines is 1. The number of piperidine rings is 1. The van der Waals surface area contributed by atoms with Gasteiger partial charge in [-0.1, -0.05) is 35.3 Å². The summed E-state index contributed by atoms with van der Waals surface area (Å²) in [5.74, 6) is 0.823. The Kier molecular flexibility index (Phi) is 8.83. The molecule has 2 aliphatic heterocycles. The number of pyridine rings is 1. The van der Waals surface area contributed by atoms with Gasteiger partial charge >= 0.3 is 0 Å². The summed E-state index contributed by atoms with van der Waals surface area (Å²) in [7, 11) is 2.19. The summed E-state index contributed by atoms with van der Waals surface area (Å²) < 4.78 is 5.45. The van der Waals surface area contributed by atoms with E-state index in [4.69, 9.17) is 27.9 Å². The van der Waals surface area contributed by atoms with Gasteiger partial charge in [-0.2, -0.15) is 0 Å². The first kappa shape index (κ1) is 25.4. The molecule has 0 N–H and O–H groups in total. The highest BCUT2D eigenvalue weighted by atomic mass is 35.5. The zero-order valence-corrected chi connectivity index (χ0v) is 21.4. The molecule has 1 aromatic carbocycles. The highest BCUT2D eigenvalue weighted by molar-refractivity contribution is 6.42. The van der Waals surface area contributed by atoms with Crippen LogP contribution in [0.1, 0.15) is 31.2 Å². The van der Waals surface area contributed by atoms with Crippen LogP contribution < -0.4 is 4.90 Å². The van der Waals surface area contributed by atoms with E-state index in [-0.39, 0.29) is 11.3 Å². The Morgan fingerprint density at radius 1 is 1.12 bits per heavy atom. The predicted octanol–water partition coefficient (Wildman–Crippen LogP) is 4.50. The van der Waals surface area contributed by atoms with Crippen LogP contribution in [0, 0.1) is 0 Å². The molecule has 1 unspecified atom stereocenters. The first-order valence-electron chi connectivity index (χ1n) is 12.1.